The van der Waals surface area contributed by atoms with E-state index < -0.39 is 4.92 Å². The lowest BCUT2D eigenvalue weighted by Crippen LogP contribution is -2.02. The minimum absolute atomic E-state index is 0.0149. The minimum Gasteiger partial charge on any atom is -0.383 e. The topological polar surface area (TPSA) is 97.9 Å². The van der Waals surface area contributed by atoms with Gasteiger partial charge in [-0.1, -0.05) is 18.2 Å². The molecule has 8 heteroatoms. The standard InChI is InChI=1S/C21H20N6O2/c1-13-11-23-21(24-14-8-9-17(22-2)19(10-14)27(28)29)25-20(13)16-12-26(3)18-7-5-4-6-15(16)18/h4-12,22H,1-3H3,(H,23,24,25). The van der Waals surface area contributed by atoms with Gasteiger partial charge in [0.15, 0.2) is 0 Å². The Morgan fingerprint density at radius 3 is 2.72 bits per heavy atom. The first-order valence-corrected chi connectivity index (χ1v) is 9.09. The maximum absolute atomic E-state index is 11.3. The first-order valence-electron chi connectivity index (χ1n) is 9.09. The van der Waals surface area contributed by atoms with Crippen molar-refractivity contribution in [3.8, 4) is 11.3 Å². The first kappa shape index (κ1) is 18.4. The maximum Gasteiger partial charge on any atom is 0.294 e. The monoisotopic (exact) mass is 388 g/mol. The number of nitro groups is 1. The number of aryl methyl sites for hydroxylation is 2. The third-order valence-corrected chi connectivity index (χ3v) is 4.84. The number of aromatic nitrogens is 3. The lowest BCUT2D eigenvalue weighted by molar-refractivity contribution is -0.383. The highest BCUT2D eigenvalue weighted by molar-refractivity contribution is 5.95. The van der Waals surface area contributed by atoms with Gasteiger partial charge in [-0.05, 0) is 30.7 Å². The van der Waals surface area contributed by atoms with Crippen LogP contribution < -0.4 is 10.6 Å². The van der Waals surface area contributed by atoms with Crippen LogP contribution in [0.2, 0.25) is 0 Å². The van der Waals surface area contributed by atoms with E-state index in [1.54, 1.807) is 25.4 Å². The number of nitrogens with zero attached hydrogens (tertiary/aromatic N) is 4. The molecule has 146 valence electrons. The molecule has 0 aliphatic rings. The van der Waals surface area contributed by atoms with Crippen LogP contribution in [0, 0.1) is 17.0 Å². The first-order chi connectivity index (χ1) is 14.0. The van der Waals surface area contributed by atoms with Gasteiger partial charge in [0.1, 0.15) is 5.69 Å². The molecule has 0 amide bonds. The van der Waals surface area contributed by atoms with Crippen molar-refractivity contribution in [3.63, 3.8) is 0 Å². The second-order valence-electron chi connectivity index (χ2n) is 6.76. The summed E-state index contributed by atoms with van der Waals surface area (Å²) in [5.74, 6) is 0.380. The smallest absolute Gasteiger partial charge is 0.294 e. The zero-order valence-electron chi connectivity index (χ0n) is 16.3. The van der Waals surface area contributed by atoms with Crippen molar-refractivity contribution < 1.29 is 4.92 Å². The van der Waals surface area contributed by atoms with Crippen LogP contribution in [0.3, 0.4) is 0 Å². The van der Waals surface area contributed by atoms with Gasteiger partial charge in [0.05, 0.1) is 10.6 Å². The molecule has 0 bridgehead atoms. The van der Waals surface area contributed by atoms with Gasteiger partial charge in [-0.15, -0.1) is 0 Å². The second kappa shape index (κ2) is 7.23. The highest BCUT2D eigenvalue weighted by Crippen LogP contribution is 2.32. The molecule has 0 atom stereocenters. The summed E-state index contributed by atoms with van der Waals surface area (Å²) in [5.41, 5.74) is 4.88. The van der Waals surface area contributed by atoms with Crippen molar-refractivity contribution in [3.05, 3.63) is 70.5 Å². The Bertz CT molecular complexity index is 1230. The second-order valence-corrected chi connectivity index (χ2v) is 6.76. The number of nitro benzene ring substituents is 1. The Morgan fingerprint density at radius 2 is 1.97 bits per heavy atom. The molecule has 0 unspecified atom stereocenters. The maximum atomic E-state index is 11.3. The fourth-order valence-electron chi connectivity index (χ4n) is 3.41. The van der Waals surface area contributed by atoms with Gasteiger partial charge in [0, 0.05) is 54.7 Å². The largest absolute Gasteiger partial charge is 0.383 e. The Hall–Kier alpha value is -3.94. The summed E-state index contributed by atoms with van der Waals surface area (Å²) in [4.78, 5) is 19.9. The number of hydrogen-bond donors (Lipinski definition) is 2. The molecule has 2 heterocycles. The summed E-state index contributed by atoms with van der Waals surface area (Å²) in [6.07, 6.45) is 3.80. The van der Waals surface area contributed by atoms with E-state index >= 15 is 0 Å². The summed E-state index contributed by atoms with van der Waals surface area (Å²) in [6, 6.07) is 13.0. The summed E-state index contributed by atoms with van der Waals surface area (Å²) >= 11 is 0. The van der Waals surface area contributed by atoms with Crippen LogP contribution in [0.15, 0.2) is 54.9 Å². The van der Waals surface area contributed by atoms with Crippen LogP contribution in [0.1, 0.15) is 5.56 Å². The number of nitrogens with one attached hydrogen (secondary N) is 2. The predicted octanol–water partition coefficient (Wildman–Crippen LogP) is 4.64. The highest BCUT2D eigenvalue weighted by Gasteiger charge is 2.16. The van der Waals surface area contributed by atoms with Gasteiger partial charge >= 0.3 is 0 Å². The Labute approximate surface area is 167 Å². The summed E-state index contributed by atoms with van der Waals surface area (Å²) in [7, 11) is 3.65. The highest BCUT2D eigenvalue weighted by atomic mass is 16.6. The third kappa shape index (κ3) is 3.36. The van der Waals surface area contributed by atoms with E-state index in [1.165, 1.54) is 6.07 Å². The number of fused-ring (bicyclic) bond motifs is 1. The van der Waals surface area contributed by atoms with Crippen LogP contribution in [-0.2, 0) is 7.05 Å². The Kier molecular flexibility index (Phi) is 4.59. The van der Waals surface area contributed by atoms with Gasteiger partial charge in [-0.25, -0.2) is 9.97 Å². The quantitative estimate of drug-likeness (QED) is 0.382. The molecule has 8 nitrogen and oxygen atoms in total. The molecule has 0 saturated heterocycles. The van der Waals surface area contributed by atoms with Gasteiger partial charge in [-0.2, -0.15) is 0 Å². The predicted molar refractivity (Wildman–Crippen MR) is 115 cm³/mol. The summed E-state index contributed by atoms with van der Waals surface area (Å²) < 4.78 is 2.07. The van der Waals surface area contributed by atoms with Crippen LogP contribution >= 0.6 is 0 Å². The average molecular weight is 388 g/mol. The van der Waals surface area contributed by atoms with Crippen molar-refractivity contribution in [1.29, 1.82) is 0 Å². The van der Waals surface area contributed by atoms with E-state index in [0.29, 0.717) is 17.3 Å². The molecular formula is C21H20N6O2. The van der Waals surface area contributed by atoms with Crippen molar-refractivity contribution >= 4 is 33.9 Å². The van der Waals surface area contributed by atoms with Crippen LogP contribution in [0.25, 0.3) is 22.2 Å². The fraction of sp³-hybridized carbons (Fsp3) is 0.143. The average Bonchev–Trinajstić information content (AvgIpc) is 3.06. The molecule has 2 N–H and O–H groups in total. The summed E-state index contributed by atoms with van der Waals surface area (Å²) in [6.45, 7) is 1.97. The Morgan fingerprint density at radius 1 is 1.17 bits per heavy atom. The number of anilines is 3. The molecule has 2 aromatic carbocycles. The van der Waals surface area contributed by atoms with Crippen molar-refractivity contribution in [2.24, 2.45) is 7.05 Å². The fourth-order valence-corrected chi connectivity index (χ4v) is 3.41. The normalized spacial score (nSPS) is 10.9. The molecule has 0 aliphatic heterocycles. The van der Waals surface area contributed by atoms with E-state index in [0.717, 1.165) is 27.7 Å². The summed E-state index contributed by atoms with van der Waals surface area (Å²) in [5, 5.41) is 18.3. The lowest BCUT2D eigenvalue weighted by Gasteiger charge is -2.10. The molecule has 4 aromatic rings. The zero-order valence-corrected chi connectivity index (χ0v) is 16.3. The number of para-hydroxylation sites is 1. The van der Waals surface area contributed by atoms with E-state index in [-0.39, 0.29) is 5.69 Å². The molecule has 0 fully saturated rings. The van der Waals surface area contributed by atoms with Crippen molar-refractivity contribution in [1.82, 2.24) is 14.5 Å². The number of rotatable bonds is 5. The lowest BCUT2D eigenvalue weighted by atomic mass is 10.1. The van der Waals surface area contributed by atoms with Gasteiger partial charge in [-0.3, -0.25) is 10.1 Å². The van der Waals surface area contributed by atoms with E-state index in [2.05, 4.69) is 38.5 Å². The third-order valence-electron chi connectivity index (χ3n) is 4.84. The van der Waals surface area contributed by atoms with E-state index in [9.17, 15) is 10.1 Å². The number of hydrogen-bond acceptors (Lipinski definition) is 6. The molecule has 2 aromatic heterocycles. The SMILES string of the molecule is CNc1ccc(Nc2ncc(C)c(-c3cn(C)c4ccccc34)n2)cc1[N+](=O)[O-]. The molecular weight excluding hydrogens is 368 g/mol. The van der Waals surface area contributed by atoms with Crippen LogP contribution in [0.5, 0.6) is 0 Å². The molecule has 4 rings (SSSR count). The van der Waals surface area contributed by atoms with Gasteiger partial charge in [0.25, 0.3) is 5.69 Å². The van der Waals surface area contributed by atoms with Crippen LogP contribution in [-0.4, -0.2) is 26.5 Å². The molecule has 0 spiro atoms. The molecule has 0 aliphatic carbocycles. The van der Waals surface area contributed by atoms with E-state index in [4.69, 9.17) is 4.98 Å². The van der Waals surface area contributed by atoms with Gasteiger partial charge < -0.3 is 15.2 Å². The Balaban J connectivity index is 1.75. The molecule has 0 saturated carbocycles. The van der Waals surface area contributed by atoms with Crippen molar-refractivity contribution in [2.45, 2.75) is 6.92 Å². The molecule has 0 radical (unpaired) electrons. The molecule has 29 heavy (non-hydrogen) atoms. The van der Waals surface area contributed by atoms with E-state index in [1.807, 2.05) is 26.1 Å². The number of benzene rings is 2. The van der Waals surface area contributed by atoms with Crippen LogP contribution in [0.4, 0.5) is 23.0 Å². The van der Waals surface area contributed by atoms with Crippen molar-refractivity contribution in [2.75, 3.05) is 17.7 Å². The van der Waals surface area contributed by atoms with Gasteiger partial charge in [0.2, 0.25) is 5.95 Å². The minimum atomic E-state index is -0.422. The zero-order chi connectivity index (χ0) is 20.5.